The first-order valence-electron chi connectivity index (χ1n) is 8.49. The third-order valence-corrected chi connectivity index (χ3v) is 5.02. The highest BCUT2D eigenvalue weighted by Gasteiger charge is 2.33. The van der Waals surface area contributed by atoms with E-state index in [-0.39, 0.29) is 24.3 Å². The Balaban J connectivity index is 1.42. The number of hydrogen-bond acceptors (Lipinski definition) is 3. The van der Waals surface area contributed by atoms with Gasteiger partial charge in [0.15, 0.2) is 0 Å². The first kappa shape index (κ1) is 15.7. The van der Waals surface area contributed by atoms with Gasteiger partial charge in [-0.25, -0.2) is 0 Å². The van der Waals surface area contributed by atoms with Crippen LogP contribution in [0.5, 0.6) is 5.75 Å². The molecular formula is C20H20N2O3. The van der Waals surface area contributed by atoms with Crippen molar-refractivity contribution in [1.82, 2.24) is 5.32 Å². The molecule has 2 amide bonds. The molecule has 1 aliphatic carbocycles. The third kappa shape index (κ3) is 2.97. The lowest BCUT2D eigenvalue weighted by Gasteiger charge is -2.14. The van der Waals surface area contributed by atoms with E-state index < -0.39 is 5.92 Å². The summed E-state index contributed by atoms with van der Waals surface area (Å²) in [6, 6.07) is 13.8. The largest absolute Gasteiger partial charge is 0.497 e. The zero-order valence-electron chi connectivity index (χ0n) is 14.0. The summed E-state index contributed by atoms with van der Waals surface area (Å²) >= 11 is 0. The quantitative estimate of drug-likeness (QED) is 0.901. The van der Waals surface area contributed by atoms with Crippen molar-refractivity contribution in [3.63, 3.8) is 0 Å². The van der Waals surface area contributed by atoms with Crippen LogP contribution in [0.2, 0.25) is 0 Å². The molecule has 0 saturated heterocycles. The van der Waals surface area contributed by atoms with Crippen molar-refractivity contribution >= 4 is 17.5 Å². The molecule has 0 bridgehead atoms. The van der Waals surface area contributed by atoms with E-state index in [1.54, 1.807) is 13.2 Å². The van der Waals surface area contributed by atoms with E-state index in [4.69, 9.17) is 4.74 Å². The summed E-state index contributed by atoms with van der Waals surface area (Å²) in [5.41, 5.74) is 4.18. The molecule has 25 heavy (non-hydrogen) atoms. The Morgan fingerprint density at radius 1 is 1.20 bits per heavy atom. The monoisotopic (exact) mass is 336 g/mol. The lowest BCUT2D eigenvalue weighted by molar-refractivity contribution is -0.125. The minimum atomic E-state index is -0.440. The van der Waals surface area contributed by atoms with Gasteiger partial charge in [0.25, 0.3) is 0 Å². The molecule has 2 aliphatic rings. The van der Waals surface area contributed by atoms with Crippen LogP contribution >= 0.6 is 0 Å². The molecule has 128 valence electrons. The molecule has 1 heterocycles. The number of carbonyl (C=O) groups excluding carboxylic acids is 2. The van der Waals surface area contributed by atoms with E-state index in [0.717, 1.165) is 24.1 Å². The van der Waals surface area contributed by atoms with Crippen molar-refractivity contribution in [2.24, 2.45) is 0 Å². The highest BCUT2D eigenvalue weighted by atomic mass is 16.5. The van der Waals surface area contributed by atoms with Gasteiger partial charge < -0.3 is 15.4 Å². The molecule has 0 aromatic heterocycles. The molecule has 1 atom stereocenters. The Labute approximate surface area is 146 Å². The topological polar surface area (TPSA) is 67.4 Å². The lowest BCUT2D eigenvalue weighted by atomic mass is 9.96. The normalized spacial score (nSPS) is 18.4. The zero-order valence-corrected chi connectivity index (χ0v) is 14.0. The highest BCUT2D eigenvalue weighted by molar-refractivity contribution is 6.05. The predicted octanol–water partition coefficient (Wildman–Crippen LogP) is 2.40. The molecule has 1 unspecified atom stereocenters. The summed E-state index contributed by atoms with van der Waals surface area (Å²) < 4.78 is 5.18. The van der Waals surface area contributed by atoms with E-state index in [1.165, 1.54) is 11.1 Å². The number of carbonyl (C=O) groups is 2. The van der Waals surface area contributed by atoms with Crippen LogP contribution < -0.4 is 15.4 Å². The minimum absolute atomic E-state index is 0.0818. The Hall–Kier alpha value is -2.82. The Morgan fingerprint density at radius 2 is 1.92 bits per heavy atom. The number of anilines is 1. The maximum atomic E-state index is 12.5. The van der Waals surface area contributed by atoms with E-state index in [1.807, 2.05) is 24.3 Å². The number of benzene rings is 2. The number of fused-ring (bicyclic) bond motifs is 2. The number of methoxy groups -OCH3 is 1. The van der Waals surface area contributed by atoms with Gasteiger partial charge in [-0.3, -0.25) is 9.59 Å². The smallest absolute Gasteiger partial charge is 0.232 e. The van der Waals surface area contributed by atoms with Crippen LogP contribution in [-0.2, 0) is 22.4 Å². The average Bonchev–Trinajstić information content (AvgIpc) is 3.14. The van der Waals surface area contributed by atoms with Crippen LogP contribution in [0.4, 0.5) is 5.69 Å². The highest BCUT2D eigenvalue weighted by Crippen LogP contribution is 2.37. The second-order valence-electron chi connectivity index (χ2n) is 6.64. The van der Waals surface area contributed by atoms with Crippen LogP contribution in [0.15, 0.2) is 42.5 Å². The predicted molar refractivity (Wildman–Crippen MR) is 94.8 cm³/mol. The molecule has 0 radical (unpaired) electrons. The molecule has 0 spiro atoms. The SMILES string of the molecule is COc1ccc2c(c1)NC(=O)C2CC(=O)NC1Cc2ccccc2C1. The molecular weight excluding hydrogens is 316 g/mol. The van der Waals surface area contributed by atoms with Crippen molar-refractivity contribution < 1.29 is 14.3 Å². The maximum absolute atomic E-state index is 12.5. The summed E-state index contributed by atoms with van der Waals surface area (Å²) in [7, 11) is 1.59. The van der Waals surface area contributed by atoms with Gasteiger partial charge in [0, 0.05) is 24.2 Å². The van der Waals surface area contributed by atoms with Gasteiger partial charge in [0.05, 0.1) is 13.0 Å². The van der Waals surface area contributed by atoms with Crippen LogP contribution in [0.1, 0.15) is 29.0 Å². The Kier molecular flexibility index (Phi) is 3.92. The second-order valence-corrected chi connectivity index (χ2v) is 6.64. The van der Waals surface area contributed by atoms with Crippen LogP contribution in [-0.4, -0.2) is 25.0 Å². The van der Waals surface area contributed by atoms with Gasteiger partial charge in [0.1, 0.15) is 5.75 Å². The molecule has 2 aromatic rings. The van der Waals surface area contributed by atoms with Gasteiger partial charge in [-0.15, -0.1) is 0 Å². The van der Waals surface area contributed by atoms with E-state index in [0.29, 0.717) is 5.75 Å². The van der Waals surface area contributed by atoms with Gasteiger partial charge in [-0.1, -0.05) is 30.3 Å². The maximum Gasteiger partial charge on any atom is 0.232 e. The fraction of sp³-hybridized carbons (Fsp3) is 0.300. The number of ether oxygens (including phenoxy) is 1. The van der Waals surface area contributed by atoms with Crippen LogP contribution in [0, 0.1) is 0 Å². The number of rotatable bonds is 4. The first-order chi connectivity index (χ1) is 12.1. The van der Waals surface area contributed by atoms with E-state index in [2.05, 4.69) is 22.8 Å². The van der Waals surface area contributed by atoms with E-state index >= 15 is 0 Å². The summed E-state index contributed by atoms with van der Waals surface area (Å²) in [5, 5.41) is 5.92. The molecule has 5 heteroatoms. The number of hydrogen-bond donors (Lipinski definition) is 2. The molecule has 5 nitrogen and oxygen atoms in total. The zero-order chi connectivity index (χ0) is 17.4. The number of nitrogens with one attached hydrogen (secondary N) is 2. The molecule has 0 saturated carbocycles. The summed E-state index contributed by atoms with van der Waals surface area (Å²) in [5.74, 6) is 0.0345. The number of amides is 2. The average molecular weight is 336 g/mol. The molecule has 1 aliphatic heterocycles. The Morgan fingerprint density at radius 3 is 2.60 bits per heavy atom. The Bertz CT molecular complexity index is 822. The van der Waals surface area contributed by atoms with Crippen molar-refractivity contribution in [3.05, 3.63) is 59.2 Å². The molecule has 2 aromatic carbocycles. The molecule has 0 fully saturated rings. The van der Waals surface area contributed by atoms with Gasteiger partial charge in [-0.05, 0) is 35.6 Å². The van der Waals surface area contributed by atoms with E-state index in [9.17, 15) is 9.59 Å². The molecule has 4 rings (SSSR count). The minimum Gasteiger partial charge on any atom is -0.497 e. The van der Waals surface area contributed by atoms with Gasteiger partial charge in [0.2, 0.25) is 11.8 Å². The van der Waals surface area contributed by atoms with Gasteiger partial charge in [-0.2, -0.15) is 0 Å². The summed E-state index contributed by atoms with van der Waals surface area (Å²) in [6.07, 6.45) is 1.87. The van der Waals surface area contributed by atoms with Crippen LogP contribution in [0.25, 0.3) is 0 Å². The summed E-state index contributed by atoms with van der Waals surface area (Å²) in [6.45, 7) is 0. The lowest BCUT2D eigenvalue weighted by Crippen LogP contribution is -2.36. The van der Waals surface area contributed by atoms with Gasteiger partial charge >= 0.3 is 0 Å². The van der Waals surface area contributed by atoms with Crippen molar-refractivity contribution in [1.29, 1.82) is 0 Å². The fourth-order valence-corrected chi connectivity index (χ4v) is 3.77. The van der Waals surface area contributed by atoms with Crippen molar-refractivity contribution in [2.45, 2.75) is 31.2 Å². The standard InChI is InChI=1S/C20H20N2O3/c1-25-15-6-7-16-17(20(24)22-18(16)10-15)11-19(23)21-14-8-12-4-2-3-5-13(12)9-14/h2-7,10,14,17H,8-9,11H2,1H3,(H,21,23)(H,22,24). The fourth-order valence-electron chi connectivity index (χ4n) is 3.77. The third-order valence-electron chi connectivity index (χ3n) is 5.02. The first-order valence-corrected chi connectivity index (χ1v) is 8.49. The second kappa shape index (κ2) is 6.24. The summed E-state index contributed by atoms with van der Waals surface area (Å²) in [4.78, 5) is 24.7. The van der Waals surface area contributed by atoms with Crippen molar-refractivity contribution in [2.75, 3.05) is 12.4 Å². The van der Waals surface area contributed by atoms with Crippen LogP contribution in [0.3, 0.4) is 0 Å². The molecule has 2 N–H and O–H groups in total. The van der Waals surface area contributed by atoms with Crippen molar-refractivity contribution in [3.8, 4) is 5.75 Å².